The van der Waals surface area contributed by atoms with Crippen LogP contribution < -0.4 is 10.3 Å². The van der Waals surface area contributed by atoms with Gasteiger partial charge in [-0.3, -0.25) is 9.59 Å². The van der Waals surface area contributed by atoms with Gasteiger partial charge in [0.15, 0.2) is 0 Å². The number of hydrogen-bond acceptors (Lipinski definition) is 4. The number of aromatic nitrogens is 2. The molecule has 2 aromatic rings. The number of carbonyl (C=O) groups excluding carboxylic acids is 1. The third kappa shape index (κ3) is 3.85. The second-order valence-electron chi connectivity index (χ2n) is 6.19. The predicted octanol–water partition coefficient (Wildman–Crippen LogP) is 2.76. The predicted molar refractivity (Wildman–Crippen MR) is 95.5 cm³/mol. The summed E-state index contributed by atoms with van der Waals surface area (Å²) in [5.41, 5.74) is 1.02. The molecule has 0 bridgehead atoms. The number of halogens is 1. The number of H-pyrrole nitrogens is 1. The van der Waals surface area contributed by atoms with Crippen LogP contribution in [0, 0.1) is 6.92 Å². The van der Waals surface area contributed by atoms with Gasteiger partial charge in [0.25, 0.3) is 11.5 Å². The second-order valence-corrected chi connectivity index (χ2v) is 6.63. The molecule has 1 fully saturated rings. The van der Waals surface area contributed by atoms with Crippen molar-refractivity contribution in [2.75, 3.05) is 20.2 Å². The fourth-order valence-corrected chi connectivity index (χ4v) is 3.40. The third-order valence-electron chi connectivity index (χ3n) is 4.40. The first-order chi connectivity index (χ1) is 12.0. The van der Waals surface area contributed by atoms with Crippen molar-refractivity contribution in [2.45, 2.75) is 25.7 Å². The highest BCUT2D eigenvalue weighted by molar-refractivity contribution is 6.31. The van der Waals surface area contributed by atoms with E-state index >= 15 is 0 Å². The summed E-state index contributed by atoms with van der Waals surface area (Å²) in [4.78, 5) is 33.5. The van der Waals surface area contributed by atoms with Crippen molar-refractivity contribution in [1.29, 1.82) is 0 Å². The summed E-state index contributed by atoms with van der Waals surface area (Å²) < 4.78 is 5.29. The summed E-state index contributed by atoms with van der Waals surface area (Å²) in [5.74, 6) is 1.01. The van der Waals surface area contributed by atoms with Gasteiger partial charge < -0.3 is 14.6 Å². The van der Waals surface area contributed by atoms with Gasteiger partial charge in [0.05, 0.1) is 18.4 Å². The van der Waals surface area contributed by atoms with Crippen LogP contribution >= 0.6 is 11.6 Å². The van der Waals surface area contributed by atoms with Crippen LogP contribution in [0.1, 0.15) is 40.6 Å². The topological polar surface area (TPSA) is 75.3 Å². The quantitative estimate of drug-likeness (QED) is 0.912. The van der Waals surface area contributed by atoms with E-state index in [1.807, 2.05) is 0 Å². The Bertz CT molecular complexity index is 850. The van der Waals surface area contributed by atoms with Gasteiger partial charge in [-0.15, -0.1) is 0 Å². The molecule has 1 N–H and O–H groups in total. The molecule has 1 amide bonds. The molecule has 7 heteroatoms. The number of aryl methyl sites for hydroxylation is 1. The number of nitrogens with zero attached hydrogens (tertiary/aromatic N) is 2. The summed E-state index contributed by atoms with van der Waals surface area (Å²) >= 11 is 6.04. The maximum atomic E-state index is 12.9. The van der Waals surface area contributed by atoms with E-state index in [2.05, 4.69) is 9.97 Å². The van der Waals surface area contributed by atoms with Crippen LogP contribution in [0.2, 0.25) is 5.02 Å². The van der Waals surface area contributed by atoms with Crippen molar-refractivity contribution in [3.8, 4) is 5.75 Å². The first kappa shape index (κ1) is 17.5. The lowest BCUT2D eigenvalue weighted by molar-refractivity contribution is 0.0702. The Morgan fingerprint density at radius 3 is 2.92 bits per heavy atom. The van der Waals surface area contributed by atoms with Gasteiger partial charge in [0.1, 0.15) is 11.6 Å². The molecule has 1 saturated heterocycles. The molecule has 0 saturated carbocycles. The largest absolute Gasteiger partial charge is 0.496 e. The molecular formula is C18H20ClN3O3. The minimum absolute atomic E-state index is 0.0453. The monoisotopic (exact) mass is 361 g/mol. The van der Waals surface area contributed by atoms with E-state index in [-0.39, 0.29) is 17.4 Å². The van der Waals surface area contributed by atoms with E-state index in [0.717, 1.165) is 18.5 Å². The Kier molecular flexibility index (Phi) is 5.08. The summed E-state index contributed by atoms with van der Waals surface area (Å²) in [7, 11) is 1.53. The smallest absolute Gasteiger partial charge is 0.257 e. The number of amides is 1. The Morgan fingerprint density at radius 1 is 1.40 bits per heavy atom. The van der Waals surface area contributed by atoms with Gasteiger partial charge in [0.2, 0.25) is 0 Å². The van der Waals surface area contributed by atoms with E-state index in [0.29, 0.717) is 35.2 Å². The Hall–Kier alpha value is -2.34. The van der Waals surface area contributed by atoms with E-state index < -0.39 is 0 Å². The Balaban J connectivity index is 1.85. The van der Waals surface area contributed by atoms with Crippen molar-refractivity contribution < 1.29 is 9.53 Å². The van der Waals surface area contributed by atoms with Crippen LogP contribution in [0.15, 0.2) is 29.1 Å². The molecule has 1 aliphatic heterocycles. The van der Waals surface area contributed by atoms with Crippen LogP contribution in [0.3, 0.4) is 0 Å². The lowest BCUT2D eigenvalue weighted by Gasteiger charge is -2.32. The highest BCUT2D eigenvalue weighted by Crippen LogP contribution is 2.29. The highest BCUT2D eigenvalue weighted by atomic mass is 35.5. The fraction of sp³-hybridized carbons (Fsp3) is 0.389. The molecule has 1 unspecified atom stereocenters. The minimum Gasteiger partial charge on any atom is -0.496 e. The normalized spacial score (nSPS) is 17.4. The Labute approximate surface area is 150 Å². The summed E-state index contributed by atoms with van der Waals surface area (Å²) in [5, 5.41) is 0.490. The molecule has 3 rings (SSSR count). The molecule has 1 aliphatic rings. The summed E-state index contributed by atoms with van der Waals surface area (Å²) in [6, 6.07) is 6.53. The molecule has 0 radical (unpaired) electrons. The molecule has 6 nitrogen and oxygen atoms in total. The number of ether oxygens (including phenoxy) is 1. The first-order valence-electron chi connectivity index (χ1n) is 8.18. The molecule has 132 valence electrons. The van der Waals surface area contributed by atoms with Crippen molar-refractivity contribution >= 4 is 17.5 Å². The first-order valence-corrected chi connectivity index (χ1v) is 8.56. The number of rotatable bonds is 3. The van der Waals surface area contributed by atoms with Gasteiger partial charge in [0, 0.05) is 30.1 Å². The number of piperidine rings is 1. The zero-order chi connectivity index (χ0) is 18.0. The lowest BCUT2D eigenvalue weighted by atomic mass is 9.94. The molecule has 1 aromatic carbocycles. The van der Waals surface area contributed by atoms with E-state index in [9.17, 15) is 9.59 Å². The van der Waals surface area contributed by atoms with Crippen LogP contribution in [-0.4, -0.2) is 41.0 Å². The second kappa shape index (κ2) is 7.27. The number of hydrogen-bond donors (Lipinski definition) is 1. The molecule has 1 atom stereocenters. The lowest BCUT2D eigenvalue weighted by Crippen LogP contribution is -2.39. The number of likely N-dealkylation sites (tertiary alicyclic amines) is 1. The molecule has 1 aromatic heterocycles. The van der Waals surface area contributed by atoms with Crippen LogP contribution in [0.5, 0.6) is 5.75 Å². The number of methoxy groups -OCH3 is 1. The van der Waals surface area contributed by atoms with Crippen molar-refractivity contribution in [2.24, 2.45) is 0 Å². The molecule has 0 aliphatic carbocycles. The highest BCUT2D eigenvalue weighted by Gasteiger charge is 2.28. The average Bonchev–Trinajstić information content (AvgIpc) is 2.60. The fourth-order valence-electron chi connectivity index (χ4n) is 3.23. The van der Waals surface area contributed by atoms with Crippen LogP contribution in [-0.2, 0) is 0 Å². The van der Waals surface area contributed by atoms with Gasteiger partial charge in [-0.1, -0.05) is 11.6 Å². The van der Waals surface area contributed by atoms with Crippen LogP contribution in [0.25, 0.3) is 0 Å². The van der Waals surface area contributed by atoms with Gasteiger partial charge in [-0.05, 0) is 38.0 Å². The zero-order valence-corrected chi connectivity index (χ0v) is 15.0. The molecular weight excluding hydrogens is 342 g/mol. The van der Waals surface area contributed by atoms with Gasteiger partial charge >= 0.3 is 0 Å². The van der Waals surface area contributed by atoms with Crippen LogP contribution in [0.4, 0.5) is 0 Å². The number of carbonyl (C=O) groups is 1. The van der Waals surface area contributed by atoms with E-state index in [4.69, 9.17) is 16.3 Å². The average molecular weight is 362 g/mol. The number of aromatic amines is 1. The number of benzene rings is 1. The van der Waals surface area contributed by atoms with Gasteiger partial charge in [-0.25, -0.2) is 4.98 Å². The minimum atomic E-state index is -0.164. The standard InChI is InChI=1S/C18H20ClN3O3/c1-11-20-15(9-17(23)21-11)12-4-3-7-22(10-12)18(24)14-8-13(19)5-6-16(14)25-2/h5-6,8-9,12H,3-4,7,10H2,1-2H3,(H,20,21,23). The molecule has 0 spiro atoms. The number of nitrogens with one attached hydrogen (secondary N) is 1. The zero-order valence-electron chi connectivity index (χ0n) is 14.2. The van der Waals surface area contributed by atoms with E-state index in [1.54, 1.807) is 30.0 Å². The summed E-state index contributed by atoms with van der Waals surface area (Å²) in [6.45, 7) is 2.94. The maximum absolute atomic E-state index is 12.9. The molecule has 2 heterocycles. The van der Waals surface area contributed by atoms with Gasteiger partial charge in [-0.2, -0.15) is 0 Å². The summed E-state index contributed by atoms with van der Waals surface area (Å²) in [6.07, 6.45) is 1.75. The third-order valence-corrected chi connectivity index (χ3v) is 4.63. The molecule has 25 heavy (non-hydrogen) atoms. The Morgan fingerprint density at radius 2 is 2.20 bits per heavy atom. The maximum Gasteiger partial charge on any atom is 0.257 e. The van der Waals surface area contributed by atoms with Crippen molar-refractivity contribution in [3.05, 3.63) is 56.7 Å². The van der Waals surface area contributed by atoms with Crippen molar-refractivity contribution in [3.63, 3.8) is 0 Å². The SMILES string of the molecule is COc1ccc(Cl)cc1C(=O)N1CCCC(c2cc(=O)[nH]c(C)n2)C1. The van der Waals surface area contributed by atoms with E-state index in [1.165, 1.54) is 13.2 Å². The van der Waals surface area contributed by atoms with Crippen molar-refractivity contribution in [1.82, 2.24) is 14.9 Å².